The van der Waals surface area contributed by atoms with E-state index in [-0.39, 0.29) is 21.6 Å². The highest BCUT2D eigenvalue weighted by molar-refractivity contribution is 6.08. The molecule has 0 atom stereocenters. The maximum atomic E-state index is 10.4. The van der Waals surface area contributed by atoms with E-state index in [0.29, 0.717) is 0 Å². The fourth-order valence-corrected chi connectivity index (χ4v) is 6.68. The van der Waals surface area contributed by atoms with Crippen molar-refractivity contribution in [1.82, 2.24) is 0 Å². The lowest BCUT2D eigenvalue weighted by Gasteiger charge is -2.30. The van der Waals surface area contributed by atoms with E-state index in [1.165, 1.54) is 20.8 Å². The smallest absolute Gasteiger partial charge is 0.135 e. The van der Waals surface area contributed by atoms with Crippen molar-refractivity contribution in [2.75, 3.05) is 4.90 Å². The molecule has 9 aromatic rings. The van der Waals surface area contributed by atoms with Crippen LogP contribution in [0, 0.1) is 20.8 Å². The number of para-hydroxylation sites is 1. The number of anilines is 3. The SMILES string of the molecule is [2H]c1c([2H])c([2H])c(-c2c([2H])c([2H])c(-c3c([2H])c([2H])c([2H])c([2H])c3N(c3c([2H])c([2H])c4c(c3[2H])C(C([2H])([2H])[2H])(C([2H])([2H])[2H])c3c(C)c(C)c(C)c([2H])c3-4)c3c([2H])c([2H])c4oc5c([2H])c([2H])c(-c6c([2H])c([2H])c([2H])c([2H])c6[2H])c([2H])c5c4c3[2H])c([2H])c2[2H])c([2H])c1[2H]. The molecule has 0 amide bonds. The number of rotatable bonds is 6. The van der Waals surface area contributed by atoms with Crippen LogP contribution in [0.5, 0.6) is 0 Å². The molecular weight excluding hydrogens is 679 g/mol. The molecule has 10 rings (SSSR count). The number of hydrogen-bond acceptors (Lipinski definition) is 2. The van der Waals surface area contributed by atoms with Crippen molar-refractivity contribution in [2.45, 2.75) is 39.9 Å². The van der Waals surface area contributed by atoms with Gasteiger partial charge >= 0.3 is 0 Å². The Kier molecular flexibility index (Phi) is 3.14. The molecule has 1 aliphatic rings. The van der Waals surface area contributed by atoms with Crippen molar-refractivity contribution < 1.29 is 51.0 Å². The zero-order valence-corrected chi connectivity index (χ0v) is 29.4. The Balaban J connectivity index is 1.50. The average molecular weight is 756 g/mol. The molecular formula is C54H43NO. The Hall–Kier alpha value is -6.64. The van der Waals surface area contributed by atoms with Crippen LogP contribution in [0.25, 0.3) is 66.4 Å². The van der Waals surface area contributed by atoms with Gasteiger partial charge in [-0.05, 0) is 136 Å². The van der Waals surface area contributed by atoms with Gasteiger partial charge in [-0.25, -0.2) is 0 Å². The Bertz CT molecular complexity index is 4720. The first-order chi connectivity index (χ1) is 41.5. The van der Waals surface area contributed by atoms with Gasteiger partial charge < -0.3 is 9.32 Å². The van der Waals surface area contributed by atoms with Crippen LogP contribution in [-0.2, 0) is 5.41 Å². The molecule has 0 radical (unpaired) electrons. The van der Waals surface area contributed by atoms with Gasteiger partial charge in [-0.3, -0.25) is 0 Å². The van der Waals surface area contributed by atoms with Crippen molar-refractivity contribution in [1.29, 1.82) is 0 Å². The van der Waals surface area contributed by atoms with E-state index in [2.05, 4.69) is 0 Å². The van der Waals surface area contributed by atoms with E-state index in [9.17, 15) is 28.8 Å². The summed E-state index contributed by atoms with van der Waals surface area (Å²) in [6.07, 6.45) is 0. The first kappa shape index (κ1) is 13.5. The molecule has 1 aromatic heterocycles. The van der Waals surface area contributed by atoms with Crippen molar-refractivity contribution >= 4 is 39.0 Å². The van der Waals surface area contributed by atoms with Gasteiger partial charge in [0.25, 0.3) is 0 Å². The number of nitrogens with zero attached hydrogens (tertiary/aromatic N) is 1. The summed E-state index contributed by atoms with van der Waals surface area (Å²) in [6, 6.07) is -31.0. The van der Waals surface area contributed by atoms with Crippen LogP contribution < -0.4 is 4.90 Å². The van der Waals surface area contributed by atoms with E-state index in [4.69, 9.17) is 22.2 Å². The van der Waals surface area contributed by atoms with E-state index in [1.54, 1.807) is 0 Å². The van der Waals surface area contributed by atoms with Crippen molar-refractivity contribution in [3.05, 3.63) is 197 Å². The van der Waals surface area contributed by atoms with Crippen LogP contribution in [0.1, 0.15) is 88.1 Å². The quantitative estimate of drug-likeness (QED) is 0.168. The predicted molar refractivity (Wildman–Crippen MR) is 236 cm³/mol. The summed E-state index contributed by atoms with van der Waals surface area (Å²) in [5.41, 5.74) is -17.5. The fourth-order valence-electron chi connectivity index (χ4n) is 6.68. The van der Waals surface area contributed by atoms with Crippen molar-refractivity contribution in [2.24, 2.45) is 0 Å². The van der Waals surface area contributed by atoms with Gasteiger partial charge in [-0.15, -0.1) is 0 Å². The lowest BCUT2D eigenvalue weighted by molar-refractivity contribution is 0.654. The van der Waals surface area contributed by atoms with Gasteiger partial charge in [-0.1, -0.05) is 135 Å². The molecule has 0 spiro atoms. The van der Waals surface area contributed by atoms with Crippen LogP contribution in [0.15, 0.2) is 174 Å². The summed E-state index contributed by atoms with van der Waals surface area (Å²) in [5.74, 6) is 0. The van der Waals surface area contributed by atoms with Crippen LogP contribution >= 0.6 is 0 Å². The Labute approximate surface area is 377 Å². The van der Waals surface area contributed by atoms with Gasteiger partial charge in [0.1, 0.15) is 11.2 Å². The molecule has 0 saturated heterocycles. The second kappa shape index (κ2) is 13.0. The summed E-state index contributed by atoms with van der Waals surface area (Å²) in [7, 11) is 0. The molecule has 0 bridgehead atoms. The summed E-state index contributed by atoms with van der Waals surface area (Å²) in [6.45, 7) is -3.46. The molecule has 0 aliphatic heterocycles. The van der Waals surface area contributed by atoms with Gasteiger partial charge in [0.05, 0.1) is 44.1 Å². The van der Waals surface area contributed by atoms with Gasteiger partial charge in [0.2, 0.25) is 0 Å². The standard InChI is InChI=1S/C54H43NO/c1-34-30-48-45-27-25-43(33-49(45)54(4,5)53(48)36(3)35(34)2)55(50-19-13-12-18-44(50)40-22-20-39(21-23-40)37-14-8-6-9-15-37)42-26-29-52-47(32-42)46-31-41(24-28-51(46)56-52)38-16-10-7-11-17-38/h6-33H,1-5H3/i4D3,5D3,6D,7D,8D,9D,10D,11D,12D,13D,14D,15D,16D,17D,18D,19D,20D,21D,22D,23D,24D,25D,26D,27D,28D,29D,30D,31D,32D,33D. The average Bonchev–Trinajstić information content (AvgIpc) is 1.47. The molecule has 2 nitrogen and oxygen atoms in total. The van der Waals surface area contributed by atoms with Crippen molar-refractivity contribution in [3.8, 4) is 44.5 Å². The van der Waals surface area contributed by atoms with Gasteiger partial charge in [-0.2, -0.15) is 0 Å². The van der Waals surface area contributed by atoms with E-state index in [0.717, 1.165) is 0 Å². The second-order valence-corrected chi connectivity index (χ2v) is 12.8. The molecule has 8 aromatic carbocycles. The zero-order valence-electron chi connectivity index (χ0n) is 63.4. The third-order valence-corrected chi connectivity index (χ3v) is 9.57. The molecule has 1 heterocycles. The number of benzene rings is 8. The van der Waals surface area contributed by atoms with E-state index in [1.807, 2.05) is 0 Å². The van der Waals surface area contributed by atoms with Crippen LogP contribution in [0.4, 0.5) is 17.1 Å². The summed E-state index contributed by atoms with van der Waals surface area (Å²) in [4.78, 5) is 0.269. The number of fused-ring (bicyclic) bond motifs is 6. The Morgan fingerprint density at radius 3 is 1.79 bits per heavy atom. The fraction of sp³-hybridized carbons (Fsp3) is 0.111. The molecule has 0 fully saturated rings. The van der Waals surface area contributed by atoms with Gasteiger partial charge in [0.15, 0.2) is 0 Å². The normalized spacial score (nSPS) is 21.9. The lowest BCUT2D eigenvalue weighted by Crippen LogP contribution is -2.18. The lowest BCUT2D eigenvalue weighted by atomic mass is 9.79. The van der Waals surface area contributed by atoms with Crippen molar-refractivity contribution in [3.63, 3.8) is 0 Å². The van der Waals surface area contributed by atoms with Crippen LogP contribution in [-0.4, -0.2) is 0 Å². The van der Waals surface area contributed by atoms with E-state index >= 15 is 0 Å². The molecule has 56 heavy (non-hydrogen) atoms. The monoisotopic (exact) mass is 756 g/mol. The number of furan rings is 1. The predicted octanol–water partition coefficient (Wildman–Crippen LogP) is 15.3. The first-order valence-corrected chi connectivity index (χ1v) is 16.8. The topological polar surface area (TPSA) is 16.4 Å². The molecule has 0 saturated carbocycles. The largest absolute Gasteiger partial charge is 0.456 e. The number of hydrogen-bond donors (Lipinski definition) is 0. The summed E-state index contributed by atoms with van der Waals surface area (Å²) < 4.78 is 319. The highest BCUT2D eigenvalue weighted by Crippen LogP contribution is 2.53. The maximum Gasteiger partial charge on any atom is 0.135 e. The molecule has 0 N–H and O–H groups in total. The summed E-state index contributed by atoms with van der Waals surface area (Å²) in [5, 5.41) is -1.61. The molecule has 1 aliphatic carbocycles. The minimum absolute atomic E-state index is 0.0441. The third kappa shape index (κ3) is 5.39. The minimum atomic E-state index is -3.85. The van der Waals surface area contributed by atoms with E-state index < -0.39 is 283 Å². The Morgan fingerprint density at radius 2 is 1.05 bits per heavy atom. The Morgan fingerprint density at radius 1 is 0.482 bits per heavy atom. The van der Waals surface area contributed by atoms with Crippen LogP contribution in [0.2, 0.25) is 0 Å². The maximum absolute atomic E-state index is 10.4. The second-order valence-electron chi connectivity index (χ2n) is 12.8. The summed E-state index contributed by atoms with van der Waals surface area (Å²) >= 11 is 0. The van der Waals surface area contributed by atoms with Crippen LogP contribution in [0.3, 0.4) is 0 Å². The molecule has 270 valence electrons. The molecule has 0 unspecified atom stereocenters. The molecule has 2 heteroatoms. The van der Waals surface area contributed by atoms with Gasteiger partial charge in [0, 0.05) is 41.4 Å². The third-order valence-electron chi connectivity index (χ3n) is 9.57. The zero-order chi connectivity index (χ0) is 67.5. The highest BCUT2D eigenvalue weighted by Gasteiger charge is 2.38. The first-order valence-electron chi connectivity index (χ1n) is 33.8. The highest BCUT2D eigenvalue weighted by atomic mass is 16.3. The minimum Gasteiger partial charge on any atom is -0.456 e.